The first-order chi connectivity index (χ1) is 7.15. The van der Waals surface area contributed by atoms with Gasteiger partial charge in [-0.1, -0.05) is 11.6 Å². The number of hydrogen-bond donors (Lipinski definition) is 1. The lowest BCUT2D eigenvalue weighted by atomic mass is 10.1. The molecule has 0 spiro atoms. The molecule has 1 aromatic carbocycles. The summed E-state index contributed by atoms with van der Waals surface area (Å²) in [5, 5.41) is 9.71. The molecule has 4 heteroatoms. The van der Waals surface area contributed by atoms with E-state index in [9.17, 15) is 9.90 Å². The van der Waals surface area contributed by atoms with Gasteiger partial charge >= 0.3 is 0 Å². The van der Waals surface area contributed by atoms with Crippen LogP contribution in [0, 0.1) is 0 Å². The number of benzene rings is 1. The smallest absolute Gasteiger partial charge is 0.185 e. The Labute approximate surface area is 90.6 Å². The van der Waals surface area contributed by atoms with E-state index < -0.39 is 0 Å². The van der Waals surface area contributed by atoms with Crippen molar-refractivity contribution in [3.8, 4) is 17.1 Å². The highest BCUT2D eigenvalue weighted by molar-refractivity contribution is 6.31. The third-order valence-corrected chi connectivity index (χ3v) is 2.09. The summed E-state index contributed by atoms with van der Waals surface area (Å²) in [5.41, 5.74) is 0.411. The first kappa shape index (κ1) is 9.80. The van der Waals surface area contributed by atoms with Crippen LogP contribution >= 0.6 is 11.6 Å². The van der Waals surface area contributed by atoms with Crippen LogP contribution in [0.3, 0.4) is 0 Å². The zero-order valence-electron chi connectivity index (χ0n) is 7.61. The average Bonchev–Trinajstić information content (AvgIpc) is 2.16. The Morgan fingerprint density at radius 3 is 2.67 bits per heavy atom. The van der Waals surface area contributed by atoms with Crippen molar-refractivity contribution in [2.45, 2.75) is 0 Å². The number of rotatable bonds is 1. The first-order valence-electron chi connectivity index (χ1n) is 4.24. The molecule has 0 bridgehead atoms. The molecule has 15 heavy (non-hydrogen) atoms. The lowest BCUT2D eigenvalue weighted by Gasteiger charge is -2.01. The topological polar surface area (TPSA) is 50.4 Å². The number of phenolic OH excluding ortho intramolecular Hbond substituents is 1. The Kier molecular flexibility index (Phi) is 2.47. The number of halogens is 1. The zero-order valence-corrected chi connectivity index (χ0v) is 8.36. The highest BCUT2D eigenvalue weighted by Crippen LogP contribution is 2.26. The second kappa shape index (κ2) is 3.79. The fourth-order valence-electron chi connectivity index (χ4n) is 1.25. The minimum Gasteiger partial charge on any atom is -0.508 e. The molecule has 1 N–H and O–H groups in total. The van der Waals surface area contributed by atoms with E-state index in [1.54, 1.807) is 6.07 Å². The summed E-state index contributed by atoms with van der Waals surface area (Å²) in [5.74, 6) is 0.407. The Hall–Kier alpha value is -1.74. The van der Waals surface area contributed by atoms with Gasteiger partial charge in [0.1, 0.15) is 11.5 Å². The molecule has 0 amide bonds. The van der Waals surface area contributed by atoms with Crippen molar-refractivity contribution < 1.29 is 9.52 Å². The lowest BCUT2D eigenvalue weighted by Crippen LogP contribution is -1.95. The SMILES string of the molecule is O=c1ccoc(-c2cc(O)cc(Cl)c2)c1. The predicted molar refractivity (Wildman–Crippen MR) is 57.1 cm³/mol. The van der Waals surface area contributed by atoms with Crippen molar-refractivity contribution in [2.24, 2.45) is 0 Å². The monoisotopic (exact) mass is 222 g/mol. The van der Waals surface area contributed by atoms with Crippen LogP contribution in [0.15, 0.2) is 45.8 Å². The maximum absolute atomic E-state index is 11.1. The first-order valence-corrected chi connectivity index (χ1v) is 4.62. The van der Waals surface area contributed by atoms with E-state index in [4.69, 9.17) is 16.0 Å². The summed E-state index contributed by atoms with van der Waals surface area (Å²) in [6.45, 7) is 0. The van der Waals surface area contributed by atoms with Gasteiger partial charge in [0.25, 0.3) is 0 Å². The molecule has 0 fully saturated rings. The van der Waals surface area contributed by atoms with Crippen molar-refractivity contribution in [1.82, 2.24) is 0 Å². The van der Waals surface area contributed by atoms with Crippen LogP contribution in [0.4, 0.5) is 0 Å². The van der Waals surface area contributed by atoms with E-state index in [0.29, 0.717) is 16.3 Å². The van der Waals surface area contributed by atoms with Crippen LogP contribution < -0.4 is 5.43 Å². The van der Waals surface area contributed by atoms with Crippen molar-refractivity contribution in [3.63, 3.8) is 0 Å². The van der Waals surface area contributed by atoms with Gasteiger partial charge < -0.3 is 9.52 Å². The van der Waals surface area contributed by atoms with Crippen molar-refractivity contribution in [3.05, 3.63) is 51.8 Å². The molecule has 0 aliphatic rings. The molecule has 0 saturated heterocycles. The second-order valence-electron chi connectivity index (χ2n) is 3.03. The van der Waals surface area contributed by atoms with Gasteiger partial charge in [0.2, 0.25) is 0 Å². The second-order valence-corrected chi connectivity index (χ2v) is 3.47. The van der Waals surface area contributed by atoms with Crippen LogP contribution in [0.25, 0.3) is 11.3 Å². The molecule has 1 heterocycles. The van der Waals surface area contributed by atoms with E-state index in [1.165, 1.54) is 30.5 Å². The Morgan fingerprint density at radius 1 is 1.20 bits per heavy atom. The average molecular weight is 223 g/mol. The molecular weight excluding hydrogens is 216 g/mol. The van der Waals surface area contributed by atoms with E-state index >= 15 is 0 Å². The molecule has 0 atom stereocenters. The highest BCUT2D eigenvalue weighted by Gasteiger charge is 2.04. The van der Waals surface area contributed by atoms with Gasteiger partial charge in [0.05, 0.1) is 6.26 Å². The molecule has 1 aromatic heterocycles. The molecule has 0 unspecified atom stereocenters. The number of hydrogen-bond acceptors (Lipinski definition) is 3. The minimum absolute atomic E-state index is 0.0315. The molecule has 0 radical (unpaired) electrons. The third-order valence-electron chi connectivity index (χ3n) is 1.87. The largest absolute Gasteiger partial charge is 0.508 e. The molecule has 0 aliphatic carbocycles. The summed E-state index contributed by atoms with van der Waals surface area (Å²) in [7, 11) is 0. The van der Waals surface area contributed by atoms with E-state index in [2.05, 4.69) is 0 Å². The summed E-state index contributed by atoms with van der Waals surface area (Å²) in [6, 6.07) is 7.15. The van der Waals surface area contributed by atoms with Crippen LogP contribution in [-0.2, 0) is 0 Å². The van der Waals surface area contributed by atoms with Crippen molar-refractivity contribution in [1.29, 1.82) is 0 Å². The van der Waals surface area contributed by atoms with Crippen LogP contribution in [-0.4, -0.2) is 5.11 Å². The number of aromatic hydroxyl groups is 1. The van der Waals surface area contributed by atoms with Gasteiger partial charge in [-0.3, -0.25) is 4.79 Å². The molecule has 3 nitrogen and oxygen atoms in total. The van der Waals surface area contributed by atoms with Gasteiger partial charge in [-0.25, -0.2) is 0 Å². The standard InChI is InChI=1S/C11H7ClO3/c12-8-3-7(4-10(14)5-8)11-6-9(13)1-2-15-11/h1-6,14H. The Bertz CT molecular complexity index is 525. The molecule has 76 valence electrons. The normalized spacial score (nSPS) is 10.2. The van der Waals surface area contributed by atoms with Crippen LogP contribution in [0.5, 0.6) is 5.75 Å². The maximum atomic E-state index is 11.1. The summed E-state index contributed by atoms with van der Waals surface area (Å²) in [4.78, 5) is 11.1. The predicted octanol–water partition coefficient (Wildman–Crippen LogP) is 2.67. The van der Waals surface area contributed by atoms with Gasteiger partial charge in [0.15, 0.2) is 5.43 Å². The van der Waals surface area contributed by atoms with Gasteiger partial charge in [0, 0.05) is 22.7 Å². The fraction of sp³-hybridized carbons (Fsp3) is 0. The summed E-state index contributed by atoms with van der Waals surface area (Å²) < 4.78 is 5.13. The lowest BCUT2D eigenvalue weighted by molar-refractivity contribution is 0.475. The summed E-state index contributed by atoms with van der Waals surface area (Å²) >= 11 is 5.76. The Morgan fingerprint density at radius 2 is 2.00 bits per heavy atom. The molecule has 2 rings (SSSR count). The molecule has 0 saturated carbocycles. The van der Waals surface area contributed by atoms with Crippen molar-refractivity contribution >= 4 is 11.6 Å². The third kappa shape index (κ3) is 2.19. The van der Waals surface area contributed by atoms with E-state index in [0.717, 1.165) is 0 Å². The van der Waals surface area contributed by atoms with E-state index in [1.807, 2.05) is 0 Å². The molecule has 0 aliphatic heterocycles. The maximum Gasteiger partial charge on any atom is 0.185 e. The highest BCUT2D eigenvalue weighted by atomic mass is 35.5. The zero-order chi connectivity index (χ0) is 10.8. The van der Waals surface area contributed by atoms with Gasteiger partial charge in [-0.15, -0.1) is 0 Å². The van der Waals surface area contributed by atoms with Crippen LogP contribution in [0.2, 0.25) is 5.02 Å². The Balaban J connectivity index is 2.58. The summed E-state index contributed by atoms with van der Waals surface area (Å²) in [6.07, 6.45) is 1.30. The van der Waals surface area contributed by atoms with Crippen LogP contribution in [0.1, 0.15) is 0 Å². The van der Waals surface area contributed by atoms with Gasteiger partial charge in [-0.05, 0) is 18.2 Å². The number of phenols is 1. The molecule has 2 aromatic rings. The van der Waals surface area contributed by atoms with E-state index in [-0.39, 0.29) is 11.2 Å². The quantitative estimate of drug-likeness (QED) is 0.807. The van der Waals surface area contributed by atoms with Crippen molar-refractivity contribution in [2.75, 3.05) is 0 Å². The molecular formula is C11H7ClO3. The van der Waals surface area contributed by atoms with Gasteiger partial charge in [-0.2, -0.15) is 0 Å². The minimum atomic E-state index is -0.157. The fourth-order valence-corrected chi connectivity index (χ4v) is 1.48.